The third-order valence-corrected chi connectivity index (χ3v) is 6.60. The molecule has 0 bridgehead atoms. The summed E-state index contributed by atoms with van der Waals surface area (Å²) in [6.45, 7) is 9.61. The van der Waals surface area contributed by atoms with Crippen LogP contribution in [0.4, 0.5) is 23.8 Å². The van der Waals surface area contributed by atoms with Gasteiger partial charge in [0.1, 0.15) is 11.4 Å². The molecule has 2 heterocycles. The number of rotatable bonds is 1. The Morgan fingerprint density at radius 2 is 1.78 bits per heavy atom. The Balaban J connectivity index is 2.06. The fraction of sp³-hybridized carbons (Fsp3) is 0.550. The molecular formula is C20H22BrCl2F3N4O2. The largest absolute Gasteiger partial charge is 0.444 e. The lowest BCUT2D eigenvalue weighted by Gasteiger charge is -2.45. The molecule has 0 N–H and O–H groups in total. The third kappa shape index (κ3) is 5.02. The Bertz CT molecular complexity index is 1060. The summed E-state index contributed by atoms with van der Waals surface area (Å²) in [6, 6.07) is 0.386. The fourth-order valence-corrected chi connectivity index (χ4v) is 4.52. The van der Waals surface area contributed by atoms with Crippen LogP contribution in [0.5, 0.6) is 0 Å². The fourth-order valence-electron chi connectivity index (χ4n) is 3.58. The Morgan fingerprint density at radius 3 is 2.34 bits per heavy atom. The lowest BCUT2D eigenvalue weighted by Crippen LogP contribution is -2.59. The minimum absolute atomic E-state index is 0.107. The molecule has 12 heteroatoms. The van der Waals surface area contributed by atoms with Crippen LogP contribution in [0, 0.1) is 0 Å². The lowest BCUT2D eigenvalue weighted by molar-refractivity contribution is -0.138. The van der Waals surface area contributed by atoms with Crippen molar-refractivity contribution in [3.05, 3.63) is 26.4 Å². The number of nitrogens with zero attached hydrogens (tertiary/aromatic N) is 4. The zero-order chi connectivity index (χ0) is 24.2. The molecule has 6 nitrogen and oxygen atoms in total. The molecule has 3 rings (SSSR count). The van der Waals surface area contributed by atoms with E-state index < -0.39 is 23.4 Å². The average molecular weight is 558 g/mol. The maximum Gasteiger partial charge on any atom is 0.417 e. The van der Waals surface area contributed by atoms with Crippen molar-refractivity contribution in [2.75, 3.05) is 18.0 Å². The summed E-state index contributed by atoms with van der Waals surface area (Å²) >= 11 is 15.3. The molecule has 32 heavy (non-hydrogen) atoms. The first-order valence-electron chi connectivity index (χ1n) is 9.79. The Morgan fingerprint density at radius 1 is 1.16 bits per heavy atom. The molecular weight excluding hydrogens is 536 g/mol. The number of carbonyl (C=O) groups is 1. The number of piperazine rings is 1. The molecule has 0 aliphatic carbocycles. The molecule has 176 valence electrons. The van der Waals surface area contributed by atoms with Gasteiger partial charge in [0.15, 0.2) is 0 Å². The van der Waals surface area contributed by atoms with E-state index in [2.05, 4.69) is 25.9 Å². The standard InChI is InChI=1S/C20H22BrCl2F3N4O2/c1-9-8-30(18(31)32-19(3,4)5)10(2)7-29(9)16-11-6-12(20(24,25)26)13(21)14(22)15(11)27-17(23)28-16/h6,9-10H,7-8H2,1-5H3. The van der Waals surface area contributed by atoms with Crippen LogP contribution in [0.25, 0.3) is 10.9 Å². The summed E-state index contributed by atoms with van der Waals surface area (Å²) in [4.78, 5) is 24.3. The van der Waals surface area contributed by atoms with Crippen LogP contribution in [0.2, 0.25) is 10.3 Å². The van der Waals surface area contributed by atoms with Gasteiger partial charge < -0.3 is 14.5 Å². The van der Waals surface area contributed by atoms with E-state index >= 15 is 0 Å². The highest BCUT2D eigenvalue weighted by Crippen LogP contribution is 2.44. The van der Waals surface area contributed by atoms with Crippen molar-refractivity contribution in [2.45, 2.75) is 58.5 Å². The number of alkyl halides is 3. The Labute approximate surface area is 202 Å². The van der Waals surface area contributed by atoms with Crippen LogP contribution in [0.15, 0.2) is 10.5 Å². The highest BCUT2D eigenvalue weighted by molar-refractivity contribution is 9.10. The maximum absolute atomic E-state index is 13.6. The summed E-state index contributed by atoms with van der Waals surface area (Å²) in [5.41, 5.74) is -1.47. The topological polar surface area (TPSA) is 58.6 Å². The summed E-state index contributed by atoms with van der Waals surface area (Å²) in [5.74, 6) is 0.225. The van der Waals surface area contributed by atoms with Crippen LogP contribution in [-0.2, 0) is 10.9 Å². The second-order valence-corrected chi connectivity index (χ2v) is 10.3. The molecule has 1 amide bonds. The van der Waals surface area contributed by atoms with Gasteiger partial charge in [-0.25, -0.2) is 9.78 Å². The first kappa shape index (κ1) is 25.1. The lowest BCUT2D eigenvalue weighted by atomic mass is 10.1. The van der Waals surface area contributed by atoms with Crippen LogP contribution >= 0.6 is 39.1 Å². The van der Waals surface area contributed by atoms with E-state index in [1.807, 2.05) is 18.7 Å². The molecule has 0 saturated carbocycles. The second kappa shape index (κ2) is 8.68. The van der Waals surface area contributed by atoms with E-state index in [4.69, 9.17) is 27.9 Å². The zero-order valence-electron chi connectivity index (χ0n) is 18.0. The summed E-state index contributed by atoms with van der Waals surface area (Å²) in [7, 11) is 0. The summed E-state index contributed by atoms with van der Waals surface area (Å²) < 4.78 is 46.0. The number of hydrogen-bond acceptors (Lipinski definition) is 5. The number of anilines is 1. The molecule has 1 aromatic heterocycles. The van der Waals surface area contributed by atoms with E-state index in [1.165, 1.54) is 0 Å². The van der Waals surface area contributed by atoms with Gasteiger partial charge in [0, 0.05) is 30.6 Å². The monoisotopic (exact) mass is 556 g/mol. The van der Waals surface area contributed by atoms with Gasteiger partial charge in [-0.15, -0.1) is 0 Å². The van der Waals surface area contributed by atoms with Gasteiger partial charge in [-0.05, 0) is 68.2 Å². The Kier molecular flexibility index (Phi) is 6.81. The molecule has 1 aromatic carbocycles. The minimum Gasteiger partial charge on any atom is -0.444 e. The smallest absolute Gasteiger partial charge is 0.417 e. The number of ether oxygens (including phenoxy) is 1. The zero-order valence-corrected chi connectivity index (χ0v) is 21.1. The normalized spacial score (nSPS) is 20.1. The number of amides is 1. The highest BCUT2D eigenvalue weighted by atomic mass is 79.9. The van der Waals surface area contributed by atoms with E-state index in [0.717, 1.165) is 6.07 Å². The predicted molar refractivity (Wildman–Crippen MR) is 121 cm³/mol. The predicted octanol–water partition coefficient (Wildman–Crippen LogP) is 6.55. The number of hydrogen-bond donors (Lipinski definition) is 0. The molecule has 1 fully saturated rings. The SMILES string of the molecule is CC1CN(c2nc(Cl)nc3c(Cl)c(Br)c(C(F)(F)F)cc23)C(C)CN1C(=O)OC(C)(C)C. The van der Waals surface area contributed by atoms with Crippen molar-refractivity contribution in [1.29, 1.82) is 0 Å². The summed E-state index contributed by atoms with van der Waals surface area (Å²) in [5, 5.41) is -0.219. The van der Waals surface area contributed by atoms with Crippen LogP contribution in [0.3, 0.4) is 0 Å². The number of fused-ring (bicyclic) bond motifs is 1. The van der Waals surface area contributed by atoms with Crippen molar-refractivity contribution in [1.82, 2.24) is 14.9 Å². The van der Waals surface area contributed by atoms with Gasteiger partial charge >= 0.3 is 12.3 Å². The van der Waals surface area contributed by atoms with E-state index in [1.54, 1.807) is 25.7 Å². The third-order valence-electron chi connectivity index (χ3n) is 5.02. The van der Waals surface area contributed by atoms with Crippen molar-refractivity contribution < 1.29 is 22.7 Å². The van der Waals surface area contributed by atoms with Crippen molar-refractivity contribution in [3.8, 4) is 0 Å². The van der Waals surface area contributed by atoms with Crippen molar-refractivity contribution in [3.63, 3.8) is 0 Å². The Hall–Kier alpha value is -1.52. The van der Waals surface area contributed by atoms with Crippen LogP contribution in [-0.4, -0.2) is 51.7 Å². The van der Waals surface area contributed by atoms with Crippen LogP contribution in [0.1, 0.15) is 40.2 Å². The van der Waals surface area contributed by atoms with E-state index in [-0.39, 0.29) is 50.1 Å². The van der Waals surface area contributed by atoms with Gasteiger partial charge in [0.05, 0.1) is 20.6 Å². The molecule has 2 unspecified atom stereocenters. The minimum atomic E-state index is -4.64. The van der Waals surface area contributed by atoms with Crippen LogP contribution < -0.4 is 4.90 Å². The van der Waals surface area contributed by atoms with Gasteiger partial charge in [-0.2, -0.15) is 18.2 Å². The number of benzene rings is 1. The van der Waals surface area contributed by atoms with Gasteiger partial charge in [-0.1, -0.05) is 11.6 Å². The highest BCUT2D eigenvalue weighted by Gasteiger charge is 2.38. The maximum atomic E-state index is 13.6. The van der Waals surface area contributed by atoms with E-state index in [9.17, 15) is 18.0 Å². The number of halogens is 6. The average Bonchev–Trinajstić information content (AvgIpc) is 2.63. The number of aromatic nitrogens is 2. The molecule has 1 saturated heterocycles. The summed E-state index contributed by atoms with van der Waals surface area (Å²) in [6.07, 6.45) is -5.09. The van der Waals surface area contributed by atoms with Crippen molar-refractivity contribution >= 4 is 61.9 Å². The molecule has 1 aliphatic rings. The quantitative estimate of drug-likeness (QED) is 0.372. The van der Waals surface area contributed by atoms with Gasteiger partial charge in [0.25, 0.3) is 0 Å². The van der Waals surface area contributed by atoms with E-state index in [0.29, 0.717) is 6.54 Å². The first-order chi connectivity index (χ1) is 14.6. The van der Waals surface area contributed by atoms with Crippen molar-refractivity contribution in [2.24, 2.45) is 0 Å². The first-order valence-corrected chi connectivity index (χ1v) is 11.3. The second-order valence-electron chi connectivity index (χ2n) is 8.75. The molecule has 0 radical (unpaired) electrons. The van der Waals surface area contributed by atoms with Gasteiger partial charge in [0.2, 0.25) is 5.28 Å². The molecule has 2 aromatic rings. The molecule has 1 aliphatic heterocycles. The molecule has 0 spiro atoms. The molecule has 2 atom stereocenters. The number of carbonyl (C=O) groups excluding carboxylic acids is 1. The van der Waals surface area contributed by atoms with Gasteiger partial charge in [-0.3, -0.25) is 0 Å².